The van der Waals surface area contributed by atoms with E-state index in [4.69, 9.17) is 4.98 Å². The lowest BCUT2D eigenvalue weighted by Gasteiger charge is -2.40. The number of aromatic nitrogens is 3. The second kappa shape index (κ2) is 6.95. The number of hydrogen-bond acceptors (Lipinski definition) is 5. The van der Waals surface area contributed by atoms with Gasteiger partial charge in [0.1, 0.15) is 0 Å². The number of likely N-dealkylation sites (tertiary alicyclic amines) is 1. The Balaban J connectivity index is 1.47. The van der Waals surface area contributed by atoms with Crippen molar-refractivity contribution in [3.8, 4) is 0 Å². The van der Waals surface area contributed by atoms with Gasteiger partial charge in [-0.05, 0) is 49.9 Å². The molecule has 6 heteroatoms. The number of fused-ring (bicyclic) bond motifs is 3. The molecule has 150 valence electrons. The third-order valence-electron chi connectivity index (χ3n) is 6.57. The van der Waals surface area contributed by atoms with Crippen molar-refractivity contribution >= 4 is 16.9 Å². The number of pyridine rings is 1. The van der Waals surface area contributed by atoms with E-state index < -0.39 is 0 Å². The highest BCUT2D eigenvalue weighted by Gasteiger charge is 2.44. The van der Waals surface area contributed by atoms with Crippen LogP contribution in [-0.2, 0) is 18.4 Å². The van der Waals surface area contributed by atoms with Crippen molar-refractivity contribution in [3.63, 3.8) is 0 Å². The van der Waals surface area contributed by atoms with Gasteiger partial charge in [-0.15, -0.1) is 0 Å². The van der Waals surface area contributed by atoms with E-state index in [1.165, 1.54) is 10.9 Å². The van der Waals surface area contributed by atoms with E-state index in [1.54, 1.807) is 0 Å². The zero-order valence-electron chi connectivity index (χ0n) is 17.1. The molecule has 1 fully saturated rings. The minimum Gasteiger partial charge on any atom is -0.348 e. The molecule has 5 rings (SSSR count). The number of nitrogens with one attached hydrogen (secondary N) is 1. The Hall–Kier alpha value is -2.73. The Labute approximate surface area is 170 Å². The van der Waals surface area contributed by atoms with Crippen LogP contribution in [0.25, 0.3) is 10.9 Å². The summed E-state index contributed by atoms with van der Waals surface area (Å²) in [6, 6.07) is 10.5. The van der Waals surface area contributed by atoms with Crippen LogP contribution in [-0.4, -0.2) is 47.0 Å². The molecule has 0 saturated carbocycles. The Morgan fingerprint density at radius 3 is 2.93 bits per heavy atom. The highest BCUT2D eigenvalue weighted by atomic mass is 16.1. The highest BCUT2D eigenvalue weighted by Crippen LogP contribution is 2.43. The van der Waals surface area contributed by atoms with Crippen molar-refractivity contribution in [2.24, 2.45) is 0 Å². The van der Waals surface area contributed by atoms with E-state index in [0.29, 0.717) is 5.95 Å². The number of hydrogen-bond donors (Lipinski definition) is 1. The van der Waals surface area contributed by atoms with Crippen LogP contribution < -0.4 is 10.5 Å². The van der Waals surface area contributed by atoms with Gasteiger partial charge in [-0.25, -0.2) is 4.98 Å². The fourth-order valence-corrected chi connectivity index (χ4v) is 5.14. The van der Waals surface area contributed by atoms with Crippen LogP contribution in [0.1, 0.15) is 36.1 Å². The van der Waals surface area contributed by atoms with Crippen LogP contribution >= 0.6 is 0 Å². The zero-order valence-corrected chi connectivity index (χ0v) is 17.1. The zero-order chi connectivity index (χ0) is 20.0. The molecule has 0 amide bonds. The van der Waals surface area contributed by atoms with Gasteiger partial charge in [-0.2, -0.15) is 0 Å². The van der Waals surface area contributed by atoms with Crippen LogP contribution in [0.2, 0.25) is 0 Å². The first-order valence-electron chi connectivity index (χ1n) is 10.4. The van der Waals surface area contributed by atoms with Crippen molar-refractivity contribution < 1.29 is 0 Å². The molecule has 29 heavy (non-hydrogen) atoms. The van der Waals surface area contributed by atoms with E-state index in [2.05, 4.69) is 39.1 Å². The molecule has 0 radical (unpaired) electrons. The maximum absolute atomic E-state index is 12.6. The van der Waals surface area contributed by atoms with Gasteiger partial charge < -0.3 is 4.90 Å². The predicted molar refractivity (Wildman–Crippen MR) is 115 cm³/mol. The molecule has 0 bridgehead atoms. The van der Waals surface area contributed by atoms with E-state index in [9.17, 15) is 4.79 Å². The molecule has 1 N–H and O–H groups in total. The van der Waals surface area contributed by atoms with E-state index in [0.717, 1.165) is 62.1 Å². The van der Waals surface area contributed by atoms with E-state index in [1.807, 2.05) is 31.3 Å². The van der Waals surface area contributed by atoms with Gasteiger partial charge in [0, 0.05) is 49.7 Å². The Bertz CT molecular complexity index is 1120. The van der Waals surface area contributed by atoms with Crippen molar-refractivity contribution in [1.82, 2.24) is 19.9 Å². The van der Waals surface area contributed by atoms with Gasteiger partial charge in [0.15, 0.2) is 0 Å². The summed E-state index contributed by atoms with van der Waals surface area (Å²) >= 11 is 0. The van der Waals surface area contributed by atoms with Crippen LogP contribution in [0.15, 0.2) is 41.3 Å². The number of H-pyrrole nitrogens is 1. The largest absolute Gasteiger partial charge is 0.348 e. The number of anilines is 1. The summed E-state index contributed by atoms with van der Waals surface area (Å²) in [4.78, 5) is 29.4. The summed E-state index contributed by atoms with van der Waals surface area (Å²) in [5.74, 6) is 0.660. The molecule has 1 aliphatic carbocycles. The maximum Gasteiger partial charge on any atom is 0.255 e. The second-order valence-electron chi connectivity index (χ2n) is 8.69. The third-order valence-corrected chi connectivity index (χ3v) is 6.57. The van der Waals surface area contributed by atoms with Gasteiger partial charge in [-0.3, -0.25) is 19.7 Å². The molecule has 3 heterocycles. The molecular weight excluding hydrogens is 362 g/mol. The lowest BCUT2D eigenvalue weighted by atomic mass is 9.77. The number of aromatic amines is 1. The average Bonchev–Trinajstić information content (AvgIpc) is 3.06. The summed E-state index contributed by atoms with van der Waals surface area (Å²) < 4.78 is 0. The summed E-state index contributed by atoms with van der Waals surface area (Å²) in [7, 11) is 3.85. The van der Waals surface area contributed by atoms with Crippen LogP contribution in [0.4, 0.5) is 5.95 Å². The minimum absolute atomic E-state index is 0.00453. The number of rotatable bonds is 3. The Kier molecular flexibility index (Phi) is 4.39. The molecule has 1 unspecified atom stereocenters. The molecule has 2 aliphatic rings. The number of piperidine rings is 1. The van der Waals surface area contributed by atoms with Gasteiger partial charge >= 0.3 is 0 Å². The maximum atomic E-state index is 12.6. The average molecular weight is 390 g/mol. The summed E-state index contributed by atoms with van der Waals surface area (Å²) in [6.07, 6.45) is 6.00. The first-order valence-corrected chi connectivity index (χ1v) is 10.4. The highest BCUT2D eigenvalue weighted by molar-refractivity contribution is 5.81. The molecule has 1 atom stereocenters. The number of benzene rings is 1. The number of nitrogens with zero attached hydrogens (tertiary/aromatic N) is 4. The van der Waals surface area contributed by atoms with Gasteiger partial charge in [-0.1, -0.05) is 18.2 Å². The summed E-state index contributed by atoms with van der Waals surface area (Å²) in [5, 5.41) is 1.23. The summed E-state index contributed by atoms with van der Waals surface area (Å²) in [5.41, 5.74) is 4.33. The monoisotopic (exact) mass is 389 g/mol. The van der Waals surface area contributed by atoms with Crippen molar-refractivity contribution in [3.05, 3.63) is 63.7 Å². The van der Waals surface area contributed by atoms with Crippen LogP contribution in [0, 0.1) is 0 Å². The van der Waals surface area contributed by atoms with E-state index in [-0.39, 0.29) is 11.0 Å². The Morgan fingerprint density at radius 2 is 2.07 bits per heavy atom. The smallest absolute Gasteiger partial charge is 0.255 e. The molecule has 1 aliphatic heterocycles. The normalized spacial score (nSPS) is 21.6. The summed E-state index contributed by atoms with van der Waals surface area (Å²) in [6.45, 7) is 2.95. The predicted octanol–water partition coefficient (Wildman–Crippen LogP) is 2.86. The standard InChI is InChI=1S/C23H27N5O/c1-27(2)22-25-20-18(21(29)26-22)8-11-23(20)10-5-13-28(15-23)14-16-9-12-24-19-7-4-3-6-17(16)19/h3-4,6-7,9,12H,5,8,10-11,13-15H2,1-2H3,(H,25,26,29). The van der Waals surface area contributed by atoms with Crippen molar-refractivity contribution in [2.45, 2.75) is 37.6 Å². The lowest BCUT2D eigenvalue weighted by molar-refractivity contribution is 0.137. The number of para-hydroxylation sites is 1. The van der Waals surface area contributed by atoms with Gasteiger partial charge in [0.2, 0.25) is 5.95 Å². The first kappa shape index (κ1) is 18.3. The van der Waals surface area contributed by atoms with Gasteiger partial charge in [0.05, 0.1) is 11.2 Å². The molecule has 2 aromatic heterocycles. The fraction of sp³-hybridized carbons (Fsp3) is 0.435. The Morgan fingerprint density at radius 1 is 1.21 bits per heavy atom. The molecule has 3 aromatic rings. The van der Waals surface area contributed by atoms with Gasteiger partial charge in [0.25, 0.3) is 5.56 Å². The van der Waals surface area contributed by atoms with Crippen molar-refractivity contribution in [2.75, 3.05) is 32.1 Å². The van der Waals surface area contributed by atoms with Crippen LogP contribution in [0.5, 0.6) is 0 Å². The quantitative estimate of drug-likeness (QED) is 0.746. The molecule has 6 nitrogen and oxygen atoms in total. The molecular formula is C23H27N5O. The molecule has 1 spiro atoms. The second-order valence-corrected chi connectivity index (χ2v) is 8.69. The third kappa shape index (κ3) is 3.12. The topological polar surface area (TPSA) is 65.1 Å². The minimum atomic E-state index is -0.00453. The molecule has 1 aromatic carbocycles. The lowest BCUT2D eigenvalue weighted by Crippen LogP contribution is -2.45. The van der Waals surface area contributed by atoms with Crippen molar-refractivity contribution in [1.29, 1.82) is 0 Å². The fourth-order valence-electron chi connectivity index (χ4n) is 5.14. The SMILES string of the molecule is CN(C)c1nc2c(c(=O)[nH]1)CCC21CCCN(Cc2ccnc3ccccc23)C1. The molecule has 1 saturated heterocycles. The first-order chi connectivity index (χ1) is 14.1. The van der Waals surface area contributed by atoms with E-state index >= 15 is 0 Å². The van der Waals surface area contributed by atoms with Crippen LogP contribution in [0.3, 0.4) is 0 Å².